The number of carbonyl (C=O) groups is 2. The van der Waals surface area contributed by atoms with Crippen molar-refractivity contribution in [2.75, 3.05) is 6.61 Å². The number of ketones is 1. The molecule has 5 rings (SSSR count). The SMILES string of the molecule is CC1=C[C@@]23C(=O)[C@@H](C=C(CO)[C@@H](O)[C@]2(O)[C@H]1OC(=O)C(C#N)=C1CCCCC1)[C@H]1[C@@H](C[C@H]3C)C1(C)C. The Morgan fingerprint density at radius 3 is 2.53 bits per heavy atom. The number of aliphatic hydroxyl groups excluding tert-OH is 2. The summed E-state index contributed by atoms with van der Waals surface area (Å²) in [7, 11) is 0. The van der Waals surface area contributed by atoms with Crippen LogP contribution in [0.1, 0.15) is 66.2 Å². The first-order valence-electron chi connectivity index (χ1n) is 13.2. The van der Waals surface area contributed by atoms with E-state index in [0.29, 0.717) is 24.8 Å². The third-order valence-electron chi connectivity index (χ3n) is 10.2. The zero-order valence-corrected chi connectivity index (χ0v) is 21.6. The number of esters is 1. The number of aliphatic hydroxyl groups is 3. The summed E-state index contributed by atoms with van der Waals surface area (Å²) in [6.07, 6.45) is 5.27. The standard InChI is InChI=1S/C29H37NO6/c1-15-12-28-16(2)10-21-22(27(21,3)4)19(24(28)33)11-18(14-31)23(32)29(28,35)25(15)36-26(34)20(13-30)17-8-6-5-7-9-17/h11-12,16,19,21-23,25,31-32,35H,5-10,14H2,1-4H3/t16-,19+,21-,22+,23-,25+,28-,29+/m1/s1. The molecule has 0 amide bonds. The van der Waals surface area contributed by atoms with Gasteiger partial charge in [0.25, 0.3) is 0 Å². The molecule has 2 bridgehead atoms. The zero-order chi connectivity index (χ0) is 26.2. The molecule has 0 aromatic carbocycles. The van der Waals surface area contributed by atoms with E-state index in [1.165, 1.54) is 0 Å². The van der Waals surface area contributed by atoms with Crippen molar-refractivity contribution < 1.29 is 29.6 Å². The molecule has 7 nitrogen and oxygen atoms in total. The first-order valence-corrected chi connectivity index (χ1v) is 13.2. The number of carbonyl (C=O) groups excluding carboxylic acids is 2. The van der Waals surface area contributed by atoms with Gasteiger partial charge in [0.1, 0.15) is 17.7 Å². The average Bonchev–Trinajstić information content (AvgIpc) is 3.34. The van der Waals surface area contributed by atoms with Crippen LogP contribution < -0.4 is 0 Å². The number of nitriles is 1. The zero-order valence-electron chi connectivity index (χ0n) is 21.6. The number of hydrogen-bond acceptors (Lipinski definition) is 7. The van der Waals surface area contributed by atoms with Crippen molar-refractivity contribution in [1.29, 1.82) is 5.26 Å². The molecular formula is C29H37NO6. The lowest BCUT2D eigenvalue weighted by Gasteiger charge is -2.48. The van der Waals surface area contributed by atoms with Crippen molar-refractivity contribution >= 4 is 11.8 Å². The van der Waals surface area contributed by atoms with Crippen LogP contribution in [0.4, 0.5) is 0 Å². The van der Waals surface area contributed by atoms with Crippen molar-refractivity contribution in [3.8, 4) is 6.07 Å². The second kappa shape index (κ2) is 8.37. The number of rotatable bonds is 3. The van der Waals surface area contributed by atoms with Crippen molar-refractivity contribution in [3.63, 3.8) is 0 Å². The normalized spacial score (nSPS) is 42.6. The maximum atomic E-state index is 14.4. The van der Waals surface area contributed by atoms with E-state index in [4.69, 9.17) is 4.74 Å². The van der Waals surface area contributed by atoms with Crippen LogP contribution in [0, 0.1) is 45.8 Å². The van der Waals surface area contributed by atoms with Crippen LogP contribution in [0.15, 0.2) is 34.4 Å². The van der Waals surface area contributed by atoms with Crippen molar-refractivity contribution in [1.82, 2.24) is 0 Å². The minimum absolute atomic E-state index is 0.0470. The molecule has 1 spiro atoms. The monoisotopic (exact) mass is 495 g/mol. The number of fused-ring (bicyclic) bond motifs is 3. The lowest BCUT2D eigenvalue weighted by atomic mass is 9.59. The van der Waals surface area contributed by atoms with Gasteiger partial charge in [0.05, 0.1) is 12.0 Å². The van der Waals surface area contributed by atoms with Gasteiger partial charge in [0.15, 0.2) is 17.5 Å². The number of ether oxygens (including phenoxy) is 1. The Hall–Kier alpha value is -2.27. The van der Waals surface area contributed by atoms with Crippen LogP contribution in [0.3, 0.4) is 0 Å². The summed E-state index contributed by atoms with van der Waals surface area (Å²) in [4.78, 5) is 27.7. The van der Waals surface area contributed by atoms with Crippen molar-refractivity contribution in [2.45, 2.75) is 84.0 Å². The van der Waals surface area contributed by atoms with Gasteiger partial charge in [-0.1, -0.05) is 39.3 Å². The highest BCUT2D eigenvalue weighted by Gasteiger charge is 2.76. The van der Waals surface area contributed by atoms with Gasteiger partial charge in [-0.3, -0.25) is 4.79 Å². The summed E-state index contributed by atoms with van der Waals surface area (Å²) in [5.41, 5.74) is -2.37. The summed E-state index contributed by atoms with van der Waals surface area (Å²) in [6.45, 7) is 7.37. The smallest absolute Gasteiger partial charge is 0.349 e. The van der Waals surface area contributed by atoms with Crippen LogP contribution in [-0.4, -0.2) is 51.5 Å². The number of allylic oxidation sites excluding steroid dienone is 2. The van der Waals surface area contributed by atoms with E-state index in [0.717, 1.165) is 24.8 Å². The first-order chi connectivity index (χ1) is 17.0. The summed E-state index contributed by atoms with van der Waals surface area (Å²) in [5.74, 6) is -1.59. The van der Waals surface area contributed by atoms with Crippen LogP contribution in [0.2, 0.25) is 0 Å². The fourth-order valence-electron chi connectivity index (χ4n) is 8.26. The number of hydrogen-bond donors (Lipinski definition) is 3. The fourth-order valence-corrected chi connectivity index (χ4v) is 8.26. The molecule has 194 valence electrons. The Balaban J connectivity index is 1.61. The maximum absolute atomic E-state index is 14.4. The summed E-state index contributed by atoms with van der Waals surface area (Å²) in [5, 5.41) is 44.0. The summed E-state index contributed by atoms with van der Waals surface area (Å²) >= 11 is 0. The van der Waals surface area contributed by atoms with Gasteiger partial charge < -0.3 is 20.1 Å². The lowest BCUT2D eigenvalue weighted by Crippen LogP contribution is -2.65. The van der Waals surface area contributed by atoms with Gasteiger partial charge in [0.2, 0.25) is 0 Å². The molecule has 3 saturated carbocycles. The lowest BCUT2D eigenvalue weighted by molar-refractivity contribution is -0.201. The molecular weight excluding hydrogens is 458 g/mol. The van der Waals surface area contributed by atoms with E-state index < -0.39 is 41.7 Å². The van der Waals surface area contributed by atoms with E-state index >= 15 is 0 Å². The molecule has 0 aliphatic heterocycles. The third-order valence-corrected chi connectivity index (χ3v) is 10.2. The van der Waals surface area contributed by atoms with Gasteiger partial charge >= 0.3 is 5.97 Å². The van der Waals surface area contributed by atoms with Gasteiger partial charge in [-0.05, 0) is 78.9 Å². The second-order valence-corrected chi connectivity index (χ2v) is 12.3. The van der Waals surface area contributed by atoms with Gasteiger partial charge in [-0.2, -0.15) is 5.26 Å². The van der Waals surface area contributed by atoms with Crippen LogP contribution >= 0.6 is 0 Å². The Morgan fingerprint density at radius 2 is 1.92 bits per heavy atom. The summed E-state index contributed by atoms with van der Waals surface area (Å²) < 4.78 is 5.87. The Morgan fingerprint density at radius 1 is 1.25 bits per heavy atom. The minimum Gasteiger partial charge on any atom is -0.450 e. The van der Waals surface area contributed by atoms with Gasteiger partial charge in [-0.25, -0.2) is 4.79 Å². The van der Waals surface area contributed by atoms with Crippen LogP contribution in [0.25, 0.3) is 0 Å². The fraction of sp³-hybridized carbons (Fsp3) is 0.690. The summed E-state index contributed by atoms with van der Waals surface area (Å²) in [6, 6.07) is 2.00. The topological polar surface area (TPSA) is 128 Å². The van der Waals surface area contributed by atoms with E-state index in [1.807, 2.05) is 13.0 Å². The maximum Gasteiger partial charge on any atom is 0.349 e. The van der Waals surface area contributed by atoms with Crippen LogP contribution in [0.5, 0.6) is 0 Å². The molecule has 36 heavy (non-hydrogen) atoms. The van der Waals surface area contributed by atoms with E-state index in [2.05, 4.69) is 13.8 Å². The molecule has 0 aromatic heterocycles. The second-order valence-electron chi connectivity index (χ2n) is 12.3. The molecule has 5 aliphatic carbocycles. The number of Topliss-reactive ketones (excluding diaryl/α,β-unsaturated/α-hetero) is 1. The Kier molecular flexibility index (Phi) is 5.90. The molecule has 3 N–H and O–H groups in total. The van der Waals surface area contributed by atoms with Crippen molar-refractivity contribution in [2.24, 2.45) is 34.5 Å². The van der Waals surface area contributed by atoms with E-state index in [1.54, 1.807) is 19.1 Å². The van der Waals surface area contributed by atoms with E-state index in [9.17, 15) is 30.2 Å². The molecule has 0 heterocycles. The molecule has 0 aromatic rings. The molecule has 7 heteroatoms. The van der Waals surface area contributed by atoms with E-state index in [-0.39, 0.29) is 40.1 Å². The van der Waals surface area contributed by atoms with Crippen molar-refractivity contribution in [3.05, 3.63) is 34.4 Å². The molecule has 0 unspecified atom stereocenters. The molecule has 5 aliphatic rings. The number of nitrogens with zero attached hydrogens (tertiary/aromatic N) is 1. The molecule has 0 radical (unpaired) electrons. The minimum atomic E-state index is -2.19. The van der Waals surface area contributed by atoms with Gasteiger partial charge in [-0.15, -0.1) is 0 Å². The highest BCUT2D eigenvalue weighted by atomic mass is 16.6. The molecule has 8 atom stereocenters. The molecule has 3 fully saturated rings. The highest BCUT2D eigenvalue weighted by molar-refractivity contribution is 5.97. The highest BCUT2D eigenvalue weighted by Crippen LogP contribution is 2.71. The van der Waals surface area contributed by atoms with Crippen LogP contribution in [-0.2, 0) is 14.3 Å². The van der Waals surface area contributed by atoms with Gasteiger partial charge in [0, 0.05) is 5.92 Å². The first kappa shape index (κ1) is 25.4. The molecule has 0 saturated heterocycles. The Labute approximate surface area is 212 Å². The Bertz CT molecular complexity index is 1130. The largest absolute Gasteiger partial charge is 0.450 e. The third kappa shape index (κ3) is 3.14. The predicted octanol–water partition coefficient (Wildman–Crippen LogP) is 3.15. The average molecular weight is 496 g/mol. The predicted molar refractivity (Wildman–Crippen MR) is 131 cm³/mol. The quantitative estimate of drug-likeness (QED) is 0.237.